The normalized spacial score (nSPS) is 9.88. The number of halogens is 1. The lowest BCUT2D eigenvalue weighted by Crippen LogP contribution is -2.31. The fourth-order valence-corrected chi connectivity index (χ4v) is 2.48. The zero-order chi connectivity index (χ0) is 18.4. The molecule has 0 saturated carbocycles. The average Bonchev–Trinajstić information content (AvgIpc) is 2.62. The maximum atomic E-state index is 12.4. The molecule has 25 heavy (non-hydrogen) atoms. The Balaban J connectivity index is 2.14. The maximum absolute atomic E-state index is 12.4. The largest absolute Gasteiger partial charge is 0.495 e. The summed E-state index contributed by atoms with van der Waals surface area (Å²) < 4.78 is 10.4. The summed E-state index contributed by atoms with van der Waals surface area (Å²) in [5, 5.41) is 12.1. The van der Waals surface area contributed by atoms with Crippen LogP contribution < -0.4 is 14.8 Å². The highest BCUT2D eigenvalue weighted by Crippen LogP contribution is 2.35. The Morgan fingerprint density at radius 2 is 1.96 bits per heavy atom. The summed E-state index contributed by atoms with van der Waals surface area (Å²) in [6.07, 6.45) is 0. The molecular weight excluding hydrogens is 342 g/mol. The number of urea groups is 1. The Morgan fingerprint density at radius 3 is 2.60 bits per heavy atom. The van der Waals surface area contributed by atoms with Gasteiger partial charge in [0, 0.05) is 25.7 Å². The summed E-state index contributed by atoms with van der Waals surface area (Å²) in [6, 6.07) is 12.0. The van der Waals surface area contributed by atoms with Gasteiger partial charge in [-0.3, -0.25) is 0 Å². The molecular formula is C18H18ClN3O3. The number of anilines is 1. The van der Waals surface area contributed by atoms with Crippen molar-refractivity contribution in [3.63, 3.8) is 0 Å². The van der Waals surface area contributed by atoms with Crippen LogP contribution in [-0.4, -0.2) is 32.2 Å². The van der Waals surface area contributed by atoms with Crippen molar-refractivity contribution in [2.45, 2.75) is 6.54 Å². The van der Waals surface area contributed by atoms with Crippen LogP contribution in [-0.2, 0) is 6.54 Å². The summed E-state index contributed by atoms with van der Waals surface area (Å²) in [4.78, 5) is 13.9. The SMILES string of the molecule is COc1cc(NC(=O)N(C)Cc2cccc(C#N)c2)c(OC)cc1Cl. The average molecular weight is 360 g/mol. The van der Waals surface area contributed by atoms with E-state index in [0.717, 1.165) is 5.56 Å². The third-order valence-electron chi connectivity index (χ3n) is 3.54. The molecule has 0 atom stereocenters. The van der Waals surface area contributed by atoms with E-state index in [0.29, 0.717) is 34.3 Å². The van der Waals surface area contributed by atoms with Crippen LogP contribution in [0.25, 0.3) is 0 Å². The molecule has 0 radical (unpaired) electrons. The van der Waals surface area contributed by atoms with Crippen LogP contribution in [0.5, 0.6) is 11.5 Å². The van der Waals surface area contributed by atoms with Gasteiger partial charge in [-0.15, -0.1) is 0 Å². The van der Waals surface area contributed by atoms with Crippen molar-refractivity contribution in [1.29, 1.82) is 5.26 Å². The molecule has 0 saturated heterocycles. The topological polar surface area (TPSA) is 74.6 Å². The van der Waals surface area contributed by atoms with E-state index < -0.39 is 0 Å². The summed E-state index contributed by atoms with van der Waals surface area (Å²) in [6.45, 7) is 0.356. The van der Waals surface area contributed by atoms with E-state index >= 15 is 0 Å². The highest BCUT2D eigenvalue weighted by atomic mass is 35.5. The molecule has 2 rings (SSSR count). The first-order valence-corrected chi connectivity index (χ1v) is 7.79. The third kappa shape index (κ3) is 4.55. The van der Waals surface area contributed by atoms with Crippen LogP contribution in [0.2, 0.25) is 5.02 Å². The number of nitrogens with zero attached hydrogens (tertiary/aromatic N) is 2. The summed E-state index contributed by atoms with van der Waals surface area (Å²) in [7, 11) is 4.65. The minimum absolute atomic E-state index is 0.329. The fourth-order valence-electron chi connectivity index (χ4n) is 2.25. The highest BCUT2D eigenvalue weighted by molar-refractivity contribution is 6.32. The molecule has 0 unspecified atom stereocenters. The second kappa shape index (κ2) is 8.27. The summed E-state index contributed by atoms with van der Waals surface area (Å²) >= 11 is 6.06. The van der Waals surface area contributed by atoms with Gasteiger partial charge in [-0.1, -0.05) is 23.7 Å². The first-order valence-electron chi connectivity index (χ1n) is 7.41. The Morgan fingerprint density at radius 1 is 1.24 bits per heavy atom. The molecule has 130 valence electrons. The number of hydrogen-bond acceptors (Lipinski definition) is 4. The van der Waals surface area contributed by atoms with Gasteiger partial charge < -0.3 is 19.7 Å². The van der Waals surface area contributed by atoms with Gasteiger partial charge in [0.05, 0.1) is 36.6 Å². The maximum Gasteiger partial charge on any atom is 0.321 e. The van der Waals surface area contributed by atoms with Crippen LogP contribution in [0.3, 0.4) is 0 Å². The van der Waals surface area contributed by atoms with E-state index in [1.807, 2.05) is 6.07 Å². The molecule has 0 bridgehead atoms. The minimum atomic E-state index is -0.329. The molecule has 2 aromatic rings. The molecule has 0 spiro atoms. The Kier molecular flexibility index (Phi) is 6.09. The lowest BCUT2D eigenvalue weighted by molar-refractivity contribution is 0.220. The van der Waals surface area contributed by atoms with E-state index in [9.17, 15) is 4.79 Å². The first kappa shape index (κ1) is 18.4. The molecule has 0 aliphatic carbocycles. The quantitative estimate of drug-likeness (QED) is 0.878. The zero-order valence-corrected chi connectivity index (χ0v) is 14.9. The standard InChI is InChI=1S/C18H18ClN3O3/c1-22(11-13-6-4-5-12(7-13)10-20)18(23)21-15-9-16(24-2)14(19)8-17(15)25-3/h4-9H,11H2,1-3H3,(H,21,23). The molecule has 0 aliphatic rings. The predicted octanol–water partition coefficient (Wildman–Crippen LogP) is 3.89. The predicted molar refractivity (Wildman–Crippen MR) is 96.2 cm³/mol. The smallest absolute Gasteiger partial charge is 0.321 e. The lowest BCUT2D eigenvalue weighted by Gasteiger charge is -2.20. The van der Waals surface area contributed by atoms with Gasteiger partial charge in [0.25, 0.3) is 0 Å². The van der Waals surface area contributed by atoms with Crippen molar-refractivity contribution in [2.24, 2.45) is 0 Å². The molecule has 6 nitrogen and oxygen atoms in total. The van der Waals surface area contributed by atoms with Gasteiger partial charge in [0.1, 0.15) is 11.5 Å². The van der Waals surface area contributed by atoms with Crippen molar-refractivity contribution in [2.75, 3.05) is 26.6 Å². The number of rotatable bonds is 5. The van der Waals surface area contributed by atoms with Crippen molar-refractivity contribution in [1.82, 2.24) is 4.90 Å². The van der Waals surface area contributed by atoms with E-state index in [1.165, 1.54) is 19.1 Å². The van der Waals surface area contributed by atoms with Crippen LogP contribution in [0.1, 0.15) is 11.1 Å². The second-order valence-electron chi connectivity index (χ2n) is 5.29. The second-order valence-corrected chi connectivity index (χ2v) is 5.69. The Bertz CT molecular complexity index is 818. The number of carbonyl (C=O) groups is 1. The van der Waals surface area contributed by atoms with Crippen molar-refractivity contribution >= 4 is 23.3 Å². The fraction of sp³-hybridized carbons (Fsp3) is 0.222. The van der Waals surface area contributed by atoms with Crippen molar-refractivity contribution < 1.29 is 14.3 Å². The van der Waals surface area contributed by atoms with E-state index in [2.05, 4.69) is 11.4 Å². The monoisotopic (exact) mass is 359 g/mol. The number of hydrogen-bond donors (Lipinski definition) is 1. The molecule has 1 N–H and O–H groups in total. The molecule has 0 aromatic heterocycles. The Labute approximate surface area is 151 Å². The molecule has 2 aromatic carbocycles. The van der Waals surface area contributed by atoms with Crippen LogP contribution >= 0.6 is 11.6 Å². The molecule has 0 aliphatic heterocycles. The van der Waals surface area contributed by atoms with Crippen LogP contribution in [0.15, 0.2) is 36.4 Å². The molecule has 7 heteroatoms. The molecule has 2 amide bonds. The van der Waals surface area contributed by atoms with Gasteiger partial charge in [-0.05, 0) is 17.7 Å². The Hall–Kier alpha value is -2.91. The number of amides is 2. The third-order valence-corrected chi connectivity index (χ3v) is 3.83. The number of nitrogens with one attached hydrogen (secondary N) is 1. The van der Waals surface area contributed by atoms with Crippen LogP contribution in [0, 0.1) is 11.3 Å². The summed E-state index contributed by atoms with van der Waals surface area (Å²) in [5.74, 6) is 0.862. The minimum Gasteiger partial charge on any atom is -0.495 e. The number of nitriles is 1. The van der Waals surface area contributed by atoms with Gasteiger partial charge in [0.15, 0.2) is 0 Å². The van der Waals surface area contributed by atoms with E-state index in [1.54, 1.807) is 37.4 Å². The van der Waals surface area contributed by atoms with Gasteiger partial charge in [-0.25, -0.2) is 4.79 Å². The van der Waals surface area contributed by atoms with Gasteiger partial charge in [-0.2, -0.15) is 5.26 Å². The number of benzene rings is 2. The van der Waals surface area contributed by atoms with E-state index in [4.69, 9.17) is 26.3 Å². The van der Waals surface area contributed by atoms with Gasteiger partial charge >= 0.3 is 6.03 Å². The highest BCUT2D eigenvalue weighted by Gasteiger charge is 2.15. The van der Waals surface area contributed by atoms with Gasteiger partial charge in [0.2, 0.25) is 0 Å². The number of ether oxygens (including phenoxy) is 2. The van der Waals surface area contributed by atoms with Crippen molar-refractivity contribution in [3.05, 3.63) is 52.5 Å². The molecule has 0 fully saturated rings. The number of methoxy groups -OCH3 is 2. The summed E-state index contributed by atoms with van der Waals surface area (Å²) in [5.41, 5.74) is 1.86. The first-order chi connectivity index (χ1) is 12.0. The zero-order valence-electron chi connectivity index (χ0n) is 14.2. The van der Waals surface area contributed by atoms with Crippen LogP contribution in [0.4, 0.5) is 10.5 Å². The van der Waals surface area contributed by atoms with E-state index in [-0.39, 0.29) is 6.03 Å². The molecule has 0 heterocycles. The lowest BCUT2D eigenvalue weighted by atomic mass is 10.1. The van der Waals surface area contributed by atoms with Crippen molar-refractivity contribution in [3.8, 4) is 17.6 Å². The number of carbonyl (C=O) groups excluding carboxylic acids is 1.